The quantitative estimate of drug-likeness (QED) is 0.922. The van der Waals surface area contributed by atoms with Gasteiger partial charge in [-0.1, -0.05) is 18.9 Å². The Balaban J connectivity index is 1.78. The van der Waals surface area contributed by atoms with E-state index in [0.717, 1.165) is 29.8 Å². The normalized spacial score (nSPS) is 26.4. The van der Waals surface area contributed by atoms with Crippen LogP contribution in [0.1, 0.15) is 49.7 Å². The Morgan fingerprint density at radius 2 is 2.00 bits per heavy atom. The van der Waals surface area contributed by atoms with Crippen LogP contribution in [0.4, 0.5) is 0 Å². The molecule has 3 nitrogen and oxygen atoms in total. The van der Waals surface area contributed by atoms with Gasteiger partial charge in [-0.15, -0.1) is 0 Å². The second kappa shape index (κ2) is 6.80. The van der Waals surface area contributed by atoms with Gasteiger partial charge >= 0.3 is 0 Å². The lowest BCUT2D eigenvalue weighted by Crippen LogP contribution is -2.46. The van der Waals surface area contributed by atoms with Gasteiger partial charge in [0.15, 0.2) is 0 Å². The van der Waals surface area contributed by atoms with Crippen molar-refractivity contribution in [1.82, 2.24) is 4.90 Å². The lowest BCUT2D eigenvalue weighted by atomic mass is 9.78. The average molecular weight is 289 g/mol. The number of fused-ring (bicyclic) bond motifs is 1. The minimum atomic E-state index is 0.100. The molecule has 2 atom stereocenters. The van der Waals surface area contributed by atoms with Gasteiger partial charge in [-0.25, -0.2) is 0 Å². The molecule has 3 heteroatoms. The molecule has 2 aliphatic rings. The summed E-state index contributed by atoms with van der Waals surface area (Å²) in [6.45, 7) is 2.26. The first-order chi connectivity index (χ1) is 10.3. The van der Waals surface area contributed by atoms with Gasteiger partial charge in [0.2, 0.25) is 0 Å². The van der Waals surface area contributed by atoms with Crippen LogP contribution in [0, 0.1) is 5.92 Å². The largest absolute Gasteiger partial charge is 0.496 e. The van der Waals surface area contributed by atoms with E-state index in [1.165, 1.54) is 50.6 Å². The van der Waals surface area contributed by atoms with Crippen molar-refractivity contribution >= 4 is 0 Å². The summed E-state index contributed by atoms with van der Waals surface area (Å²) in [4.78, 5) is 2.66. The highest BCUT2D eigenvalue weighted by molar-refractivity contribution is 5.37. The zero-order valence-corrected chi connectivity index (χ0v) is 13.1. The molecule has 1 aliphatic heterocycles. The van der Waals surface area contributed by atoms with Crippen LogP contribution in [0.3, 0.4) is 0 Å². The molecule has 0 aromatic heterocycles. The van der Waals surface area contributed by atoms with Gasteiger partial charge in [-0.3, -0.25) is 4.90 Å². The molecular formula is C18H27NO2. The molecule has 3 rings (SSSR count). The molecule has 21 heavy (non-hydrogen) atoms. The van der Waals surface area contributed by atoms with E-state index < -0.39 is 0 Å². The van der Waals surface area contributed by atoms with E-state index in [0.29, 0.717) is 0 Å². The maximum atomic E-state index is 9.36. The van der Waals surface area contributed by atoms with Gasteiger partial charge in [0.05, 0.1) is 13.7 Å². The number of piperidine rings is 1. The zero-order chi connectivity index (χ0) is 14.7. The van der Waals surface area contributed by atoms with Crippen LogP contribution in [-0.2, 0) is 13.2 Å². The fourth-order valence-corrected chi connectivity index (χ4v) is 4.20. The summed E-state index contributed by atoms with van der Waals surface area (Å²) in [5.74, 6) is 1.85. The van der Waals surface area contributed by atoms with Crippen LogP contribution in [0.25, 0.3) is 0 Å². The van der Waals surface area contributed by atoms with Crippen molar-refractivity contribution in [2.75, 3.05) is 13.7 Å². The summed E-state index contributed by atoms with van der Waals surface area (Å²) in [7, 11) is 1.73. The SMILES string of the molecule is COc1ccc(CO)cc1CN1CCCC2CCCCC21. The van der Waals surface area contributed by atoms with E-state index in [1.54, 1.807) is 7.11 Å². The molecule has 0 bridgehead atoms. The minimum absolute atomic E-state index is 0.100. The third-order valence-corrected chi connectivity index (χ3v) is 5.26. The van der Waals surface area contributed by atoms with Crippen LogP contribution < -0.4 is 4.74 Å². The van der Waals surface area contributed by atoms with Crippen molar-refractivity contribution in [3.63, 3.8) is 0 Å². The van der Waals surface area contributed by atoms with E-state index in [9.17, 15) is 5.11 Å². The monoisotopic (exact) mass is 289 g/mol. The molecule has 0 amide bonds. The van der Waals surface area contributed by atoms with Crippen LogP contribution in [0.15, 0.2) is 18.2 Å². The highest BCUT2D eigenvalue weighted by atomic mass is 16.5. The van der Waals surface area contributed by atoms with E-state index in [1.807, 2.05) is 12.1 Å². The Morgan fingerprint density at radius 1 is 1.19 bits per heavy atom. The van der Waals surface area contributed by atoms with Gasteiger partial charge in [0.25, 0.3) is 0 Å². The van der Waals surface area contributed by atoms with Gasteiger partial charge in [0.1, 0.15) is 5.75 Å². The number of hydrogen-bond donors (Lipinski definition) is 1. The molecule has 1 N–H and O–H groups in total. The van der Waals surface area contributed by atoms with Crippen molar-refractivity contribution in [3.8, 4) is 5.75 Å². The highest BCUT2D eigenvalue weighted by Gasteiger charge is 2.33. The molecular weight excluding hydrogens is 262 g/mol. The summed E-state index contributed by atoms with van der Waals surface area (Å²) in [6.07, 6.45) is 8.30. The second-order valence-corrected chi connectivity index (χ2v) is 6.53. The fourth-order valence-electron chi connectivity index (χ4n) is 4.20. The molecule has 1 saturated heterocycles. The number of aliphatic hydroxyl groups excluding tert-OH is 1. The number of nitrogens with zero attached hydrogens (tertiary/aromatic N) is 1. The fraction of sp³-hybridized carbons (Fsp3) is 0.667. The first kappa shape index (κ1) is 14.9. The third-order valence-electron chi connectivity index (χ3n) is 5.26. The molecule has 1 saturated carbocycles. The zero-order valence-electron chi connectivity index (χ0n) is 13.1. The number of benzene rings is 1. The molecule has 2 fully saturated rings. The van der Waals surface area contributed by atoms with Gasteiger partial charge in [-0.05, 0) is 55.8 Å². The van der Waals surface area contributed by atoms with Crippen molar-refractivity contribution in [2.45, 2.75) is 57.7 Å². The first-order valence-electron chi connectivity index (χ1n) is 8.32. The Hall–Kier alpha value is -1.06. The predicted molar refractivity (Wildman–Crippen MR) is 84.3 cm³/mol. The number of ether oxygens (including phenoxy) is 1. The summed E-state index contributed by atoms with van der Waals surface area (Å²) in [6, 6.07) is 6.80. The third kappa shape index (κ3) is 3.24. The van der Waals surface area contributed by atoms with Crippen LogP contribution in [0.5, 0.6) is 5.75 Å². The van der Waals surface area contributed by atoms with E-state index in [4.69, 9.17) is 4.74 Å². The molecule has 1 aromatic rings. The van der Waals surface area contributed by atoms with Gasteiger partial charge in [-0.2, -0.15) is 0 Å². The molecule has 1 aliphatic carbocycles. The summed E-state index contributed by atoms with van der Waals surface area (Å²) in [5, 5.41) is 9.36. The molecule has 1 aromatic carbocycles. The number of aliphatic hydroxyl groups is 1. The standard InChI is InChI=1S/C18H27NO2/c1-21-18-9-8-14(13-20)11-16(18)12-19-10-4-6-15-5-2-3-7-17(15)19/h8-9,11,15,17,20H,2-7,10,12-13H2,1H3. The number of rotatable bonds is 4. The van der Waals surface area contributed by atoms with Crippen molar-refractivity contribution in [2.24, 2.45) is 5.92 Å². The predicted octanol–water partition coefficient (Wildman–Crippen LogP) is 3.34. The summed E-state index contributed by atoms with van der Waals surface area (Å²) in [5.41, 5.74) is 2.19. The van der Waals surface area contributed by atoms with Gasteiger partial charge < -0.3 is 9.84 Å². The Kier molecular flexibility index (Phi) is 4.81. The maximum absolute atomic E-state index is 9.36. The van der Waals surface area contributed by atoms with E-state index in [-0.39, 0.29) is 6.61 Å². The Labute approximate surface area is 127 Å². The lowest BCUT2D eigenvalue weighted by molar-refractivity contribution is 0.0541. The average Bonchev–Trinajstić information content (AvgIpc) is 2.55. The van der Waals surface area contributed by atoms with Crippen LogP contribution >= 0.6 is 0 Å². The second-order valence-electron chi connectivity index (χ2n) is 6.53. The van der Waals surface area contributed by atoms with Crippen molar-refractivity contribution in [1.29, 1.82) is 0 Å². The molecule has 2 unspecified atom stereocenters. The number of hydrogen-bond acceptors (Lipinski definition) is 3. The lowest BCUT2D eigenvalue weighted by Gasteiger charge is -2.44. The highest BCUT2D eigenvalue weighted by Crippen LogP contribution is 2.36. The molecule has 0 radical (unpaired) electrons. The molecule has 1 heterocycles. The van der Waals surface area contributed by atoms with E-state index >= 15 is 0 Å². The first-order valence-corrected chi connectivity index (χ1v) is 8.32. The topological polar surface area (TPSA) is 32.7 Å². The number of methoxy groups -OCH3 is 1. The Morgan fingerprint density at radius 3 is 2.81 bits per heavy atom. The number of likely N-dealkylation sites (tertiary alicyclic amines) is 1. The molecule has 0 spiro atoms. The van der Waals surface area contributed by atoms with Crippen LogP contribution in [-0.4, -0.2) is 29.7 Å². The minimum Gasteiger partial charge on any atom is -0.496 e. The summed E-state index contributed by atoms with van der Waals surface area (Å²) >= 11 is 0. The van der Waals surface area contributed by atoms with Crippen molar-refractivity contribution < 1.29 is 9.84 Å². The Bertz CT molecular complexity index is 472. The van der Waals surface area contributed by atoms with Crippen LogP contribution in [0.2, 0.25) is 0 Å². The molecule has 116 valence electrons. The van der Waals surface area contributed by atoms with Gasteiger partial charge in [0, 0.05) is 18.2 Å². The van der Waals surface area contributed by atoms with Crippen molar-refractivity contribution in [3.05, 3.63) is 29.3 Å². The summed E-state index contributed by atoms with van der Waals surface area (Å²) < 4.78 is 5.51. The maximum Gasteiger partial charge on any atom is 0.123 e. The smallest absolute Gasteiger partial charge is 0.123 e. The van der Waals surface area contributed by atoms with E-state index in [2.05, 4.69) is 11.0 Å².